The predicted molar refractivity (Wildman–Crippen MR) is 49.3 cm³/mol. The zero-order chi connectivity index (χ0) is 10.1. The lowest BCUT2D eigenvalue weighted by molar-refractivity contribution is -0.385. The fraction of sp³-hybridized carbons (Fsp3) is 0.125. The molecule has 1 heterocycles. The van der Waals surface area contributed by atoms with Crippen LogP contribution in [-0.4, -0.2) is 22.5 Å². The van der Waals surface area contributed by atoms with Crippen molar-refractivity contribution in [3.05, 3.63) is 33.9 Å². The SMILES string of the molecule is O=[N+]([O-])c1cc(C2=NCN2)ccc1O. The second-order valence-corrected chi connectivity index (χ2v) is 2.80. The van der Waals surface area contributed by atoms with Crippen LogP contribution in [0.2, 0.25) is 0 Å². The Bertz CT molecular complexity index is 428. The second-order valence-electron chi connectivity index (χ2n) is 2.80. The molecule has 1 aliphatic rings. The Morgan fingerprint density at radius 3 is 2.79 bits per heavy atom. The molecule has 0 atom stereocenters. The van der Waals surface area contributed by atoms with Crippen molar-refractivity contribution in [1.82, 2.24) is 5.32 Å². The van der Waals surface area contributed by atoms with Crippen LogP contribution in [0, 0.1) is 10.1 Å². The van der Waals surface area contributed by atoms with E-state index in [-0.39, 0.29) is 11.4 Å². The Balaban J connectivity index is 2.45. The molecule has 1 aromatic carbocycles. The Morgan fingerprint density at radius 1 is 1.57 bits per heavy atom. The number of nitro benzene ring substituents is 1. The maximum atomic E-state index is 10.5. The minimum atomic E-state index is -0.627. The minimum absolute atomic E-state index is 0.307. The number of benzene rings is 1. The molecule has 0 spiro atoms. The highest BCUT2D eigenvalue weighted by molar-refractivity contribution is 6.01. The van der Waals surface area contributed by atoms with Crippen LogP contribution in [0.3, 0.4) is 0 Å². The van der Waals surface area contributed by atoms with Gasteiger partial charge in [0.05, 0.1) is 4.92 Å². The van der Waals surface area contributed by atoms with E-state index < -0.39 is 4.92 Å². The zero-order valence-corrected chi connectivity index (χ0v) is 7.10. The molecule has 0 radical (unpaired) electrons. The summed E-state index contributed by atoms with van der Waals surface area (Å²) in [6.07, 6.45) is 0. The molecular weight excluding hydrogens is 186 g/mol. The predicted octanol–water partition coefficient (Wildman–Crippen LogP) is 0.608. The molecule has 0 aromatic heterocycles. The highest BCUT2D eigenvalue weighted by atomic mass is 16.6. The second kappa shape index (κ2) is 2.99. The van der Waals surface area contributed by atoms with E-state index in [4.69, 9.17) is 0 Å². The fourth-order valence-corrected chi connectivity index (χ4v) is 1.17. The molecule has 0 unspecified atom stereocenters. The van der Waals surface area contributed by atoms with Crippen molar-refractivity contribution in [2.24, 2.45) is 4.99 Å². The average Bonchev–Trinajstić information content (AvgIpc) is 2.04. The summed E-state index contributed by atoms with van der Waals surface area (Å²) < 4.78 is 0. The zero-order valence-electron chi connectivity index (χ0n) is 7.10. The van der Waals surface area contributed by atoms with Crippen molar-refractivity contribution >= 4 is 11.5 Å². The lowest BCUT2D eigenvalue weighted by atomic mass is 10.1. The number of aliphatic imine (C=N–C) groups is 1. The van der Waals surface area contributed by atoms with Crippen molar-refractivity contribution in [3.63, 3.8) is 0 Å². The average molecular weight is 193 g/mol. The standard InChI is InChI=1S/C8H7N3O3/c12-7-2-1-5(8-9-4-10-8)3-6(7)11(13)14/h1-3,12H,4H2,(H,9,10). The van der Waals surface area contributed by atoms with E-state index in [1.54, 1.807) is 6.07 Å². The first kappa shape index (κ1) is 8.49. The monoisotopic (exact) mass is 193 g/mol. The van der Waals surface area contributed by atoms with Gasteiger partial charge in [-0.1, -0.05) is 0 Å². The van der Waals surface area contributed by atoms with Crippen LogP contribution in [0.15, 0.2) is 23.2 Å². The van der Waals surface area contributed by atoms with Gasteiger partial charge in [0.1, 0.15) is 12.5 Å². The van der Waals surface area contributed by atoms with Gasteiger partial charge >= 0.3 is 5.69 Å². The van der Waals surface area contributed by atoms with Gasteiger partial charge in [-0.3, -0.25) is 10.1 Å². The van der Waals surface area contributed by atoms with Crippen LogP contribution in [0.5, 0.6) is 5.75 Å². The number of nitrogens with one attached hydrogen (secondary N) is 1. The fourth-order valence-electron chi connectivity index (χ4n) is 1.17. The summed E-state index contributed by atoms with van der Waals surface area (Å²) in [7, 11) is 0. The molecule has 6 heteroatoms. The van der Waals surface area contributed by atoms with Crippen molar-refractivity contribution < 1.29 is 10.0 Å². The molecule has 1 aliphatic heterocycles. The number of phenols is 1. The van der Waals surface area contributed by atoms with Crippen LogP contribution in [0.4, 0.5) is 5.69 Å². The Kier molecular flexibility index (Phi) is 1.81. The summed E-state index contributed by atoms with van der Waals surface area (Å²) in [4.78, 5) is 13.8. The van der Waals surface area contributed by atoms with Gasteiger partial charge in [0.25, 0.3) is 0 Å². The maximum Gasteiger partial charge on any atom is 0.311 e. The van der Waals surface area contributed by atoms with Gasteiger partial charge in [-0.25, -0.2) is 4.99 Å². The van der Waals surface area contributed by atoms with Crippen molar-refractivity contribution in [1.29, 1.82) is 0 Å². The molecule has 0 aliphatic carbocycles. The summed E-state index contributed by atoms with van der Waals surface area (Å²) in [5.74, 6) is 0.284. The van der Waals surface area contributed by atoms with E-state index >= 15 is 0 Å². The molecule has 14 heavy (non-hydrogen) atoms. The Morgan fingerprint density at radius 2 is 2.29 bits per heavy atom. The number of nitrogens with zero attached hydrogens (tertiary/aromatic N) is 2. The third-order valence-electron chi connectivity index (χ3n) is 1.93. The third kappa shape index (κ3) is 1.26. The summed E-state index contributed by atoms with van der Waals surface area (Å²) in [6, 6.07) is 4.16. The number of rotatable bonds is 2. The highest BCUT2D eigenvalue weighted by Crippen LogP contribution is 2.26. The van der Waals surface area contributed by atoms with Gasteiger partial charge in [0.2, 0.25) is 0 Å². The van der Waals surface area contributed by atoms with E-state index in [1.165, 1.54) is 12.1 Å². The number of amidine groups is 1. The molecule has 1 aromatic rings. The maximum absolute atomic E-state index is 10.5. The molecule has 0 fully saturated rings. The van der Waals surface area contributed by atoms with Gasteiger partial charge in [-0.15, -0.1) is 0 Å². The normalized spacial score (nSPS) is 13.9. The van der Waals surface area contributed by atoms with E-state index in [2.05, 4.69) is 10.3 Å². The van der Waals surface area contributed by atoms with E-state index in [0.29, 0.717) is 18.1 Å². The largest absolute Gasteiger partial charge is 0.502 e. The van der Waals surface area contributed by atoms with Gasteiger partial charge in [-0.05, 0) is 12.1 Å². The number of nitro groups is 1. The smallest absolute Gasteiger partial charge is 0.311 e. The molecule has 72 valence electrons. The number of phenolic OH excluding ortho intramolecular Hbond substituents is 1. The molecular formula is C8H7N3O3. The van der Waals surface area contributed by atoms with Crippen LogP contribution in [0.1, 0.15) is 5.56 Å². The van der Waals surface area contributed by atoms with E-state index in [1.807, 2.05) is 0 Å². The van der Waals surface area contributed by atoms with Crippen LogP contribution in [0.25, 0.3) is 0 Å². The molecule has 2 N–H and O–H groups in total. The summed E-state index contributed by atoms with van der Waals surface area (Å²) in [5.41, 5.74) is 0.305. The lowest BCUT2D eigenvalue weighted by Crippen LogP contribution is -2.34. The number of hydrogen-bond donors (Lipinski definition) is 2. The van der Waals surface area contributed by atoms with Gasteiger partial charge in [0, 0.05) is 11.6 Å². The van der Waals surface area contributed by atoms with E-state index in [0.717, 1.165) is 0 Å². The first-order valence-corrected chi connectivity index (χ1v) is 3.94. The van der Waals surface area contributed by atoms with Crippen molar-refractivity contribution in [3.8, 4) is 5.75 Å². The molecule has 0 saturated carbocycles. The van der Waals surface area contributed by atoms with Gasteiger partial charge in [-0.2, -0.15) is 0 Å². The summed E-state index contributed by atoms with van der Waals surface area (Å²) in [5, 5.41) is 22.6. The highest BCUT2D eigenvalue weighted by Gasteiger charge is 2.17. The first-order valence-electron chi connectivity index (χ1n) is 3.94. The summed E-state index contributed by atoms with van der Waals surface area (Å²) in [6.45, 7) is 0.532. The van der Waals surface area contributed by atoms with Gasteiger partial charge in [0.15, 0.2) is 5.75 Å². The molecule has 2 rings (SSSR count). The van der Waals surface area contributed by atoms with E-state index in [9.17, 15) is 15.2 Å². The molecule has 0 amide bonds. The third-order valence-corrected chi connectivity index (χ3v) is 1.93. The molecule has 0 bridgehead atoms. The lowest BCUT2D eigenvalue weighted by Gasteiger charge is -2.15. The first-order chi connectivity index (χ1) is 6.68. The number of hydrogen-bond acceptors (Lipinski definition) is 5. The quantitative estimate of drug-likeness (QED) is 0.532. The van der Waals surface area contributed by atoms with Crippen LogP contribution >= 0.6 is 0 Å². The molecule has 0 saturated heterocycles. The van der Waals surface area contributed by atoms with Crippen LogP contribution in [-0.2, 0) is 0 Å². The Labute approximate surface area is 79.0 Å². The van der Waals surface area contributed by atoms with Gasteiger partial charge < -0.3 is 10.4 Å². The minimum Gasteiger partial charge on any atom is -0.502 e. The topological polar surface area (TPSA) is 87.8 Å². The van der Waals surface area contributed by atoms with Crippen LogP contribution < -0.4 is 5.32 Å². The van der Waals surface area contributed by atoms with Crippen molar-refractivity contribution in [2.75, 3.05) is 6.67 Å². The van der Waals surface area contributed by atoms with Crippen molar-refractivity contribution in [2.45, 2.75) is 0 Å². The number of aromatic hydroxyl groups is 1. The summed E-state index contributed by atoms with van der Waals surface area (Å²) >= 11 is 0. The molecule has 6 nitrogen and oxygen atoms in total. The Hall–Kier alpha value is -2.11.